The van der Waals surface area contributed by atoms with Crippen LogP contribution in [0, 0.1) is 0 Å². The summed E-state index contributed by atoms with van der Waals surface area (Å²) in [5.41, 5.74) is 2.52. The molecule has 11 heteroatoms. The van der Waals surface area contributed by atoms with Gasteiger partial charge in [0.05, 0.1) is 22.8 Å². The molecule has 3 N–H and O–H groups in total. The molecular formula is C25H30N6O4S. The van der Waals surface area contributed by atoms with Crippen molar-refractivity contribution in [2.45, 2.75) is 31.6 Å². The molecule has 2 heterocycles. The molecule has 0 aliphatic carbocycles. The van der Waals surface area contributed by atoms with Crippen molar-refractivity contribution >= 4 is 26.7 Å². The van der Waals surface area contributed by atoms with E-state index in [2.05, 4.69) is 25.1 Å². The smallest absolute Gasteiger partial charge is 0.277 e. The number of hydrogen-bond acceptors (Lipinski definition) is 7. The van der Waals surface area contributed by atoms with Crippen LogP contribution in [0.4, 0.5) is 5.69 Å². The van der Waals surface area contributed by atoms with Crippen LogP contribution in [0.25, 0.3) is 22.4 Å². The van der Waals surface area contributed by atoms with Crippen molar-refractivity contribution in [1.29, 1.82) is 0 Å². The lowest BCUT2D eigenvalue weighted by molar-refractivity contribution is 0.341. The maximum absolute atomic E-state index is 13.0. The number of benzene rings is 2. The van der Waals surface area contributed by atoms with Crippen LogP contribution in [0.3, 0.4) is 0 Å². The Hall–Kier alpha value is -3.70. The number of rotatable bonds is 11. The van der Waals surface area contributed by atoms with Gasteiger partial charge in [-0.1, -0.05) is 31.5 Å². The van der Waals surface area contributed by atoms with Crippen molar-refractivity contribution < 1.29 is 13.2 Å². The van der Waals surface area contributed by atoms with Gasteiger partial charge in [-0.15, -0.1) is 0 Å². The summed E-state index contributed by atoms with van der Waals surface area (Å²) in [6.45, 7) is 4.83. The molecule has 0 amide bonds. The van der Waals surface area contributed by atoms with Crippen LogP contribution < -0.4 is 20.3 Å². The summed E-state index contributed by atoms with van der Waals surface area (Å²) in [5.74, 6) is 0.648. The standard InChI is InChI=1S/C25H30N6O4S/c1-4-9-20-22-23(31(3)30-20)25(32)29-24(28-22)19-16-18(12-13-21(19)35-5-2)36(33,34)27-15-14-26-17-10-7-6-8-11-17/h6-8,10-13,16,26-27H,4-5,9,14-15H2,1-3H3,(H,28,29,32). The lowest BCUT2D eigenvalue weighted by Gasteiger charge is -2.13. The number of aryl methyl sites for hydroxylation is 2. The molecule has 0 saturated carbocycles. The van der Waals surface area contributed by atoms with Crippen LogP contribution in [0.15, 0.2) is 58.2 Å². The Morgan fingerprint density at radius 3 is 2.58 bits per heavy atom. The van der Waals surface area contributed by atoms with Gasteiger partial charge in [-0.3, -0.25) is 9.48 Å². The topological polar surface area (TPSA) is 131 Å². The highest BCUT2D eigenvalue weighted by atomic mass is 32.2. The molecule has 0 atom stereocenters. The molecule has 0 aliphatic rings. The quantitative estimate of drug-likeness (QED) is 0.264. The molecule has 0 radical (unpaired) electrons. The second kappa shape index (κ2) is 10.9. The Labute approximate surface area is 209 Å². The van der Waals surface area contributed by atoms with E-state index in [1.165, 1.54) is 16.8 Å². The number of fused-ring (bicyclic) bond motifs is 1. The highest BCUT2D eigenvalue weighted by molar-refractivity contribution is 7.89. The van der Waals surface area contributed by atoms with Crippen molar-refractivity contribution in [2.24, 2.45) is 7.05 Å². The SMILES string of the molecule is CCCc1nn(C)c2c(=O)[nH]c(-c3cc(S(=O)(=O)NCCNc4ccccc4)ccc3OCC)nc12. The Kier molecular flexibility index (Phi) is 7.70. The first-order valence-electron chi connectivity index (χ1n) is 11.9. The Balaban J connectivity index is 1.66. The average Bonchev–Trinajstić information content (AvgIpc) is 3.18. The van der Waals surface area contributed by atoms with E-state index in [0.29, 0.717) is 41.9 Å². The molecule has 36 heavy (non-hydrogen) atoms. The summed E-state index contributed by atoms with van der Waals surface area (Å²) in [5, 5.41) is 7.61. The minimum atomic E-state index is -3.82. The number of aromatic amines is 1. The fourth-order valence-corrected chi connectivity index (χ4v) is 5.01. The van der Waals surface area contributed by atoms with E-state index < -0.39 is 10.0 Å². The first kappa shape index (κ1) is 25.4. The van der Waals surface area contributed by atoms with Crippen LogP contribution in [0.5, 0.6) is 5.75 Å². The molecule has 0 aliphatic heterocycles. The van der Waals surface area contributed by atoms with E-state index in [1.807, 2.05) is 44.2 Å². The second-order valence-corrected chi connectivity index (χ2v) is 9.98. The monoisotopic (exact) mass is 510 g/mol. The highest BCUT2D eigenvalue weighted by Gasteiger charge is 2.21. The number of anilines is 1. The predicted octanol–water partition coefficient (Wildman–Crippen LogP) is 3.07. The molecule has 0 saturated heterocycles. The van der Waals surface area contributed by atoms with Gasteiger partial charge in [0.2, 0.25) is 10.0 Å². The molecule has 2 aromatic carbocycles. The number of nitrogens with zero attached hydrogens (tertiary/aromatic N) is 3. The van der Waals surface area contributed by atoms with Gasteiger partial charge in [-0.2, -0.15) is 5.10 Å². The summed E-state index contributed by atoms with van der Waals surface area (Å²) in [6.07, 6.45) is 1.51. The summed E-state index contributed by atoms with van der Waals surface area (Å²) in [7, 11) is -2.12. The van der Waals surface area contributed by atoms with E-state index in [4.69, 9.17) is 4.74 Å². The van der Waals surface area contributed by atoms with Crippen LogP contribution in [0.1, 0.15) is 26.0 Å². The van der Waals surface area contributed by atoms with Gasteiger partial charge in [0.25, 0.3) is 5.56 Å². The van der Waals surface area contributed by atoms with Gasteiger partial charge in [-0.25, -0.2) is 18.1 Å². The van der Waals surface area contributed by atoms with E-state index in [9.17, 15) is 13.2 Å². The summed E-state index contributed by atoms with van der Waals surface area (Å²) in [4.78, 5) is 20.4. The molecule has 4 rings (SSSR count). The van der Waals surface area contributed by atoms with Gasteiger partial charge in [0.15, 0.2) is 5.52 Å². The van der Waals surface area contributed by atoms with Crippen molar-refractivity contribution in [3.05, 3.63) is 64.6 Å². The largest absolute Gasteiger partial charge is 0.493 e. The molecule has 10 nitrogen and oxygen atoms in total. The summed E-state index contributed by atoms with van der Waals surface area (Å²) < 4.78 is 35.9. The van der Waals surface area contributed by atoms with Crippen LogP contribution in [-0.4, -0.2) is 47.9 Å². The molecule has 190 valence electrons. The van der Waals surface area contributed by atoms with Gasteiger partial charge >= 0.3 is 0 Å². The molecule has 0 unspecified atom stereocenters. The molecule has 0 fully saturated rings. The summed E-state index contributed by atoms with van der Waals surface area (Å²) >= 11 is 0. The van der Waals surface area contributed by atoms with Crippen LogP contribution in [-0.2, 0) is 23.5 Å². The first-order valence-corrected chi connectivity index (χ1v) is 13.3. The van der Waals surface area contributed by atoms with Crippen molar-refractivity contribution in [2.75, 3.05) is 25.0 Å². The summed E-state index contributed by atoms with van der Waals surface area (Å²) in [6, 6.07) is 14.1. The number of sulfonamides is 1. The van der Waals surface area contributed by atoms with Crippen molar-refractivity contribution in [3.8, 4) is 17.1 Å². The molecule has 4 aromatic rings. The maximum atomic E-state index is 13.0. The maximum Gasteiger partial charge on any atom is 0.277 e. The van der Waals surface area contributed by atoms with Crippen molar-refractivity contribution in [3.63, 3.8) is 0 Å². The Bertz CT molecular complexity index is 1510. The van der Waals surface area contributed by atoms with E-state index in [1.54, 1.807) is 13.1 Å². The molecule has 0 bridgehead atoms. The third-order valence-electron chi connectivity index (χ3n) is 5.59. The van der Waals surface area contributed by atoms with Gasteiger partial charge < -0.3 is 15.0 Å². The zero-order valence-electron chi connectivity index (χ0n) is 20.5. The number of para-hydroxylation sites is 1. The number of H-pyrrole nitrogens is 1. The zero-order chi connectivity index (χ0) is 25.7. The van der Waals surface area contributed by atoms with Gasteiger partial charge in [-0.05, 0) is 43.7 Å². The third-order valence-corrected chi connectivity index (χ3v) is 7.04. The van der Waals surface area contributed by atoms with E-state index in [0.717, 1.165) is 17.8 Å². The number of aromatic nitrogens is 4. The van der Waals surface area contributed by atoms with Crippen LogP contribution in [0.2, 0.25) is 0 Å². The zero-order valence-corrected chi connectivity index (χ0v) is 21.4. The predicted molar refractivity (Wildman–Crippen MR) is 140 cm³/mol. The fraction of sp³-hybridized carbons (Fsp3) is 0.320. The normalized spacial score (nSPS) is 11.6. The Morgan fingerprint density at radius 1 is 1.08 bits per heavy atom. The van der Waals surface area contributed by atoms with Crippen molar-refractivity contribution in [1.82, 2.24) is 24.5 Å². The third kappa shape index (κ3) is 5.42. The Morgan fingerprint density at radius 2 is 1.86 bits per heavy atom. The van der Waals surface area contributed by atoms with E-state index >= 15 is 0 Å². The fourth-order valence-electron chi connectivity index (χ4n) is 3.95. The first-order chi connectivity index (χ1) is 17.3. The number of hydrogen-bond donors (Lipinski definition) is 3. The molecular weight excluding hydrogens is 480 g/mol. The minimum Gasteiger partial charge on any atom is -0.493 e. The molecule has 2 aromatic heterocycles. The molecule has 0 spiro atoms. The highest BCUT2D eigenvalue weighted by Crippen LogP contribution is 2.31. The van der Waals surface area contributed by atoms with Gasteiger partial charge in [0, 0.05) is 25.8 Å². The number of ether oxygens (including phenoxy) is 1. The van der Waals surface area contributed by atoms with Gasteiger partial charge in [0.1, 0.15) is 17.1 Å². The van der Waals surface area contributed by atoms with E-state index in [-0.39, 0.29) is 22.8 Å². The number of nitrogens with one attached hydrogen (secondary N) is 3. The lowest BCUT2D eigenvalue weighted by atomic mass is 10.1. The lowest BCUT2D eigenvalue weighted by Crippen LogP contribution is -2.29. The second-order valence-electron chi connectivity index (χ2n) is 8.21. The minimum absolute atomic E-state index is 0.0448. The average molecular weight is 511 g/mol. The van der Waals surface area contributed by atoms with Crippen LogP contribution >= 0.6 is 0 Å².